The van der Waals surface area contributed by atoms with Crippen molar-refractivity contribution in [2.75, 3.05) is 27.2 Å². The Morgan fingerprint density at radius 2 is 1.53 bits per heavy atom. The highest BCUT2D eigenvalue weighted by atomic mass is 35.5. The van der Waals surface area contributed by atoms with Crippen LogP contribution in [0.15, 0.2) is 0 Å². The molecule has 0 aliphatic heterocycles. The third-order valence-electron chi connectivity index (χ3n) is 2.87. The molecule has 0 rings (SSSR count). The van der Waals surface area contributed by atoms with Crippen LogP contribution in [0.1, 0.15) is 32.1 Å². The molecular weight excluding hydrogens is 276 g/mol. The first-order valence-electron chi connectivity index (χ1n) is 6.03. The zero-order chi connectivity index (χ0) is 13.1. The van der Waals surface area contributed by atoms with Crippen LogP contribution in [-0.2, 0) is 13.3 Å². The van der Waals surface area contributed by atoms with E-state index in [9.17, 15) is 0 Å². The summed E-state index contributed by atoms with van der Waals surface area (Å²) in [6, 6.07) is 0.850. The molecule has 0 saturated heterocycles. The smallest absolute Gasteiger partial charge is 0.377 e. The monoisotopic (exact) mass is 300 g/mol. The molecule has 3 nitrogen and oxygen atoms in total. The number of halogens is 1. The largest absolute Gasteiger partial charge is 0.500 e. The highest BCUT2D eigenvalue weighted by molar-refractivity contribution is 7.80. The molecule has 0 aromatic carbocycles. The van der Waals surface area contributed by atoms with Gasteiger partial charge in [-0.1, -0.05) is 6.42 Å². The van der Waals surface area contributed by atoms with E-state index in [1.807, 2.05) is 0 Å². The van der Waals surface area contributed by atoms with Gasteiger partial charge < -0.3 is 13.3 Å². The molecule has 1 atom stereocenters. The van der Waals surface area contributed by atoms with E-state index in [4.69, 9.17) is 24.9 Å². The highest BCUT2D eigenvalue weighted by Crippen LogP contribution is 2.20. The van der Waals surface area contributed by atoms with Gasteiger partial charge in [0.25, 0.3) is 0 Å². The molecule has 104 valence electrons. The molecule has 0 aliphatic carbocycles. The first kappa shape index (κ1) is 17.7. The second-order valence-corrected chi connectivity index (χ2v) is 8.23. The van der Waals surface area contributed by atoms with Crippen molar-refractivity contribution in [1.29, 1.82) is 0 Å². The van der Waals surface area contributed by atoms with Gasteiger partial charge in [0.2, 0.25) is 0 Å². The second-order valence-electron chi connectivity index (χ2n) is 4.03. The average molecular weight is 301 g/mol. The van der Waals surface area contributed by atoms with E-state index in [1.165, 1.54) is 0 Å². The molecule has 0 heterocycles. The fraction of sp³-hybridized carbons (Fsp3) is 1.00. The van der Waals surface area contributed by atoms with Crippen molar-refractivity contribution >= 4 is 33.0 Å². The molecule has 17 heavy (non-hydrogen) atoms. The Balaban J connectivity index is 3.73. The average Bonchev–Trinajstić information content (AvgIpc) is 2.36. The van der Waals surface area contributed by atoms with E-state index in [0.29, 0.717) is 5.25 Å². The first-order valence-corrected chi connectivity index (χ1v) is 9.02. The van der Waals surface area contributed by atoms with Crippen LogP contribution in [0.4, 0.5) is 0 Å². The fourth-order valence-corrected chi connectivity index (χ4v) is 4.03. The van der Waals surface area contributed by atoms with Crippen molar-refractivity contribution in [1.82, 2.24) is 0 Å². The molecule has 0 aromatic rings. The van der Waals surface area contributed by atoms with Crippen LogP contribution in [0, 0.1) is 0 Å². The highest BCUT2D eigenvalue weighted by Gasteiger charge is 2.36. The predicted octanol–water partition coefficient (Wildman–Crippen LogP) is 3.35. The van der Waals surface area contributed by atoms with E-state index < -0.39 is 8.80 Å². The minimum atomic E-state index is -2.38. The zero-order valence-corrected chi connectivity index (χ0v) is 13.7. The molecule has 0 spiro atoms. The third-order valence-corrected chi connectivity index (χ3v) is 6.49. The summed E-state index contributed by atoms with van der Waals surface area (Å²) in [6.07, 6.45) is 5.44. The van der Waals surface area contributed by atoms with Crippen LogP contribution in [0.25, 0.3) is 0 Å². The second kappa shape index (κ2) is 10.6. The number of thiol groups is 1. The lowest BCUT2D eigenvalue weighted by molar-refractivity contribution is 0.123. The Bertz CT molecular complexity index is 174. The van der Waals surface area contributed by atoms with Gasteiger partial charge in [-0.15, -0.1) is 11.6 Å². The van der Waals surface area contributed by atoms with Crippen molar-refractivity contribution < 1.29 is 13.3 Å². The quantitative estimate of drug-likeness (QED) is 0.274. The van der Waals surface area contributed by atoms with Crippen LogP contribution >= 0.6 is 24.2 Å². The summed E-state index contributed by atoms with van der Waals surface area (Å²) >= 11 is 10.2. The van der Waals surface area contributed by atoms with Gasteiger partial charge in [-0.25, -0.2) is 0 Å². The van der Waals surface area contributed by atoms with Gasteiger partial charge in [-0.3, -0.25) is 0 Å². The minimum Gasteiger partial charge on any atom is -0.377 e. The molecule has 0 aliphatic rings. The van der Waals surface area contributed by atoms with Crippen molar-refractivity contribution in [3.63, 3.8) is 0 Å². The van der Waals surface area contributed by atoms with Gasteiger partial charge in [-0.05, 0) is 25.7 Å². The summed E-state index contributed by atoms with van der Waals surface area (Å²) in [6.45, 7) is 0. The van der Waals surface area contributed by atoms with Crippen LogP contribution in [0.2, 0.25) is 6.04 Å². The number of unbranched alkanes of at least 4 members (excludes halogenated alkanes) is 1. The van der Waals surface area contributed by atoms with Gasteiger partial charge in [0.15, 0.2) is 0 Å². The van der Waals surface area contributed by atoms with Gasteiger partial charge in [0.1, 0.15) is 0 Å². The standard InChI is InChI=1S/C11H25ClO3SSi/c1-13-17(14-2,15-3)10-6-8-11(16)7-4-5-9-12/h11,16H,4-10H2,1-3H3. The molecule has 1 unspecified atom stereocenters. The van der Waals surface area contributed by atoms with E-state index in [1.54, 1.807) is 21.3 Å². The maximum Gasteiger partial charge on any atom is 0.500 e. The molecule has 0 saturated carbocycles. The minimum absolute atomic E-state index is 0.440. The Morgan fingerprint density at radius 3 is 2.00 bits per heavy atom. The molecule has 6 heteroatoms. The summed E-state index contributed by atoms with van der Waals surface area (Å²) in [7, 11) is 2.57. The summed E-state index contributed by atoms with van der Waals surface area (Å²) in [5, 5.41) is 0.440. The normalized spacial score (nSPS) is 13.9. The summed E-state index contributed by atoms with van der Waals surface area (Å²) in [5.41, 5.74) is 0. The molecular formula is C11H25ClO3SSi. The third kappa shape index (κ3) is 7.69. The van der Waals surface area contributed by atoms with Crippen molar-refractivity contribution in [3.8, 4) is 0 Å². The van der Waals surface area contributed by atoms with E-state index in [-0.39, 0.29) is 0 Å². The van der Waals surface area contributed by atoms with E-state index >= 15 is 0 Å². The van der Waals surface area contributed by atoms with Crippen LogP contribution in [-0.4, -0.2) is 41.3 Å². The lowest BCUT2D eigenvalue weighted by atomic mass is 10.1. The number of hydrogen-bond donors (Lipinski definition) is 1. The predicted molar refractivity (Wildman–Crippen MR) is 78.2 cm³/mol. The topological polar surface area (TPSA) is 27.7 Å². The number of alkyl halides is 1. The van der Waals surface area contributed by atoms with Crippen LogP contribution in [0.5, 0.6) is 0 Å². The zero-order valence-electron chi connectivity index (χ0n) is 11.1. The molecule has 0 bridgehead atoms. The van der Waals surface area contributed by atoms with Crippen LogP contribution < -0.4 is 0 Å². The molecule has 0 amide bonds. The molecule has 0 N–H and O–H groups in total. The van der Waals surface area contributed by atoms with Gasteiger partial charge in [0, 0.05) is 38.5 Å². The van der Waals surface area contributed by atoms with Crippen molar-refractivity contribution in [2.24, 2.45) is 0 Å². The fourth-order valence-electron chi connectivity index (χ4n) is 1.73. The summed E-state index contributed by atoms with van der Waals surface area (Å²) in [4.78, 5) is 0. The van der Waals surface area contributed by atoms with Crippen molar-refractivity contribution in [3.05, 3.63) is 0 Å². The Morgan fingerprint density at radius 1 is 1.00 bits per heavy atom. The Hall–Kier alpha value is 0.737. The molecule has 0 aromatic heterocycles. The van der Waals surface area contributed by atoms with Gasteiger partial charge in [0.05, 0.1) is 0 Å². The summed E-state index contributed by atoms with van der Waals surface area (Å²) in [5.74, 6) is 0.744. The van der Waals surface area contributed by atoms with Crippen molar-refractivity contribution in [2.45, 2.75) is 43.4 Å². The van der Waals surface area contributed by atoms with Crippen LogP contribution in [0.3, 0.4) is 0 Å². The SMILES string of the molecule is CO[Si](CCCC(S)CCCCCl)(OC)OC. The number of hydrogen-bond acceptors (Lipinski definition) is 4. The molecule has 0 fully saturated rings. The number of rotatable bonds is 11. The maximum atomic E-state index is 5.64. The lowest BCUT2D eigenvalue weighted by Crippen LogP contribution is -2.42. The van der Waals surface area contributed by atoms with Gasteiger partial charge in [-0.2, -0.15) is 12.6 Å². The summed E-state index contributed by atoms with van der Waals surface area (Å²) < 4.78 is 16.1. The Labute approximate surface area is 117 Å². The first-order chi connectivity index (χ1) is 8.14. The van der Waals surface area contributed by atoms with Gasteiger partial charge >= 0.3 is 8.80 Å². The van der Waals surface area contributed by atoms with E-state index in [0.717, 1.165) is 44.0 Å². The lowest BCUT2D eigenvalue weighted by Gasteiger charge is -2.24. The Kier molecular flexibility index (Phi) is 11.1. The molecule has 0 radical (unpaired) electrons. The maximum absolute atomic E-state index is 5.64. The van der Waals surface area contributed by atoms with E-state index in [2.05, 4.69) is 12.6 Å².